The molecule has 1 amide bonds. The third-order valence-corrected chi connectivity index (χ3v) is 6.31. The first-order chi connectivity index (χ1) is 15.3. The molecule has 1 fully saturated rings. The SMILES string of the molecule is O=C(CCc1nnc(-c2ccsc2)o1)N1CCN(Cc2cccc3cccnc23)CC1. The third-order valence-electron chi connectivity index (χ3n) is 5.62. The van der Waals surface area contributed by atoms with Crippen LogP contribution >= 0.6 is 11.3 Å². The molecule has 4 aromatic rings. The number of para-hydroxylation sites is 1. The van der Waals surface area contributed by atoms with Crippen LogP contribution in [0.15, 0.2) is 57.8 Å². The van der Waals surface area contributed by atoms with E-state index in [9.17, 15) is 4.79 Å². The summed E-state index contributed by atoms with van der Waals surface area (Å²) in [4.78, 5) is 21.5. The highest BCUT2D eigenvalue weighted by atomic mass is 32.1. The van der Waals surface area contributed by atoms with Gasteiger partial charge in [-0.3, -0.25) is 14.7 Å². The number of benzene rings is 1. The number of carbonyl (C=O) groups is 1. The molecule has 4 heterocycles. The molecular weight excluding hydrogens is 410 g/mol. The van der Waals surface area contributed by atoms with E-state index < -0.39 is 0 Å². The normalized spacial score (nSPS) is 14.9. The largest absolute Gasteiger partial charge is 0.421 e. The van der Waals surface area contributed by atoms with Crippen molar-refractivity contribution in [3.63, 3.8) is 0 Å². The fourth-order valence-corrected chi connectivity index (χ4v) is 4.55. The van der Waals surface area contributed by atoms with E-state index >= 15 is 0 Å². The Hall–Kier alpha value is -3.10. The maximum absolute atomic E-state index is 12.7. The van der Waals surface area contributed by atoms with Crippen molar-refractivity contribution >= 4 is 28.1 Å². The molecule has 0 radical (unpaired) electrons. The summed E-state index contributed by atoms with van der Waals surface area (Å²) in [6.07, 6.45) is 2.70. The Morgan fingerprint density at radius 2 is 1.94 bits per heavy atom. The molecule has 1 aromatic carbocycles. The Bertz CT molecular complexity index is 1160. The van der Waals surface area contributed by atoms with Crippen molar-refractivity contribution in [3.8, 4) is 11.5 Å². The Kier molecular flexibility index (Phi) is 5.73. The molecule has 0 saturated carbocycles. The minimum atomic E-state index is 0.141. The first-order valence-electron chi connectivity index (χ1n) is 10.4. The van der Waals surface area contributed by atoms with Crippen molar-refractivity contribution < 1.29 is 9.21 Å². The lowest BCUT2D eigenvalue weighted by Gasteiger charge is -2.34. The van der Waals surface area contributed by atoms with Gasteiger partial charge in [0.25, 0.3) is 0 Å². The van der Waals surface area contributed by atoms with Gasteiger partial charge in [0.1, 0.15) is 0 Å². The molecule has 0 atom stereocenters. The van der Waals surface area contributed by atoms with Gasteiger partial charge in [-0.1, -0.05) is 24.3 Å². The lowest BCUT2D eigenvalue weighted by molar-refractivity contribution is -0.133. The fraction of sp³-hybridized carbons (Fsp3) is 0.304. The molecule has 0 unspecified atom stereocenters. The molecule has 1 aliphatic rings. The number of pyridine rings is 1. The van der Waals surface area contributed by atoms with Crippen molar-refractivity contribution in [1.29, 1.82) is 0 Å². The number of thiophene rings is 1. The molecule has 1 saturated heterocycles. The second-order valence-corrected chi connectivity index (χ2v) is 8.44. The van der Waals surface area contributed by atoms with Crippen LogP contribution in [0.3, 0.4) is 0 Å². The van der Waals surface area contributed by atoms with Crippen molar-refractivity contribution in [1.82, 2.24) is 25.0 Å². The van der Waals surface area contributed by atoms with Gasteiger partial charge in [-0.25, -0.2) is 0 Å². The number of fused-ring (bicyclic) bond motifs is 1. The molecule has 1 aliphatic heterocycles. The number of piperazine rings is 1. The highest BCUT2D eigenvalue weighted by molar-refractivity contribution is 7.08. The highest BCUT2D eigenvalue weighted by Crippen LogP contribution is 2.21. The molecule has 0 bridgehead atoms. The summed E-state index contributed by atoms with van der Waals surface area (Å²) < 4.78 is 5.68. The number of hydrogen-bond donors (Lipinski definition) is 0. The van der Waals surface area contributed by atoms with E-state index in [-0.39, 0.29) is 5.91 Å². The zero-order valence-electron chi connectivity index (χ0n) is 17.1. The monoisotopic (exact) mass is 433 g/mol. The van der Waals surface area contributed by atoms with E-state index in [1.165, 1.54) is 5.56 Å². The summed E-state index contributed by atoms with van der Waals surface area (Å²) in [7, 11) is 0. The van der Waals surface area contributed by atoms with Crippen molar-refractivity contribution in [2.75, 3.05) is 26.2 Å². The van der Waals surface area contributed by atoms with E-state index in [0.29, 0.717) is 24.6 Å². The molecule has 0 aliphatic carbocycles. The Morgan fingerprint density at radius 1 is 1.06 bits per heavy atom. The summed E-state index contributed by atoms with van der Waals surface area (Å²) in [5.74, 6) is 1.17. The lowest BCUT2D eigenvalue weighted by atomic mass is 10.1. The first-order valence-corrected chi connectivity index (χ1v) is 11.4. The zero-order chi connectivity index (χ0) is 21.0. The Morgan fingerprint density at radius 3 is 2.77 bits per heavy atom. The topological polar surface area (TPSA) is 75.4 Å². The lowest BCUT2D eigenvalue weighted by Crippen LogP contribution is -2.48. The van der Waals surface area contributed by atoms with Crippen LogP contribution in [-0.2, 0) is 17.8 Å². The van der Waals surface area contributed by atoms with Gasteiger partial charge < -0.3 is 9.32 Å². The maximum Gasteiger partial charge on any atom is 0.248 e. The summed E-state index contributed by atoms with van der Waals surface area (Å²) in [6.45, 7) is 4.04. The molecule has 5 rings (SSSR count). The Balaban J connectivity index is 1.12. The van der Waals surface area contributed by atoms with Crippen LogP contribution in [0.4, 0.5) is 0 Å². The fourth-order valence-electron chi connectivity index (χ4n) is 3.92. The van der Waals surface area contributed by atoms with Crippen LogP contribution in [-0.4, -0.2) is 57.1 Å². The van der Waals surface area contributed by atoms with Gasteiger partial charge in [-0.15, -0.1) is 10.2 Å². The summed E-state index contributed by atoms with van der Waals surface area (Å²) in [5.41, 5.74) is 3.22. The second kappa shape index (κ2) is 8.95. The number of amides is 1. The van der Waals surface area contributed by atoms with Gasteiger partial charge >= 0.3 is 0 Å². The van der Waals surface area contributed by atoms with Gasteiger partial charge in [-0.05, 0) is 23.1 Å². The van der Waals surface area contributed by atoms with Crippen LogP contribution in [0.25, 0.3) is 22.4 Å². The van der Waals surface area contributed by atoms with Crippen LogP contribution < -0.4 is 0 Å². The number of hydrogen-bond acceptors (Lipinski definition) is 7. The predicted molar refractivity (Wildman–Crippen MR) is 120 cm³/mol. The average Bonchev–Trinajstić information content (AvgIpc) is 3.50. The molecule has 8 heteroatoms. The van der Waals surface area contributed by atoms with Gasteiger partial charge in [0.05, 0.1) is 5.52 Å². The van der Waals surface area contributed by atoms with E-state index in [1.54, 1.807) is 11.3 Å². The van der Waals surface area contributed by atoms with E-state index in [4.69, 9.17) is 4.42 Å². The maximum atomic E-state index is 12.7. The minimum absolute atomic E-state index is 0.141. The van der Waals surface area contributed by atoms with Gasteiger partial charge in [0.15, 0.2) is 0 Å². The highest BCUT2D eigenvalue weighted by Gasteiger charge is 2.22. The Labute approximate surface area is 184 Å². The number of aromatic nitrogens is 3. The quantitative estimate of drug-likeness (QED) is 0.462. The number of nitrogens with zero attached hydrogens (tertiary/aromatic N) is 5. The van der Waals surface area contributed by atoms with Crippen molar-refractivity contribution in [3.05, 3.63) is 64.8 Å². The number of carbonyl (C=O) groups excluding carboxylic acids is 1. The van der Waals surface area contributed by atoms with Crippen molar-refractivity contribution in [2.24, 2.45) is 0 Å². The minimum Gasteiger partial charge on any atom is -0.421 e. The molecule has 0 N–H and O–H groups in total. The summed E-state index contributed by atoms with van der Waals surface area (Å²) in [5, 5.41) is 13.3. The van der Waals surface area contributed by atoms with Gasteiger partial charge in [-0.2, -0.15) is 11.3 Å². The smallest absolute Gasteiger partial charge is 0.248 e. The molecular formula is C23H23N5O2S. The van der Waals surface area contributed by atoms with Crippen LogP contribution in [0.1, 0.15) is 17.9 Å². The molecule has 31 heavy (non-hydrogen) atoms. The van der Waals surface area contributed by atoms with Gasteiger partial charge in [0, 0.05) is 68.1 Å². The third kappa shape index (κ3) is 4.50. The first kappa shape index (κ1) is 19.8. The zero-order valence-corrected chi connectivity index (χ0v) is 17.9. The van der Waals surface area contributed by atoms with E-state index in [2.05, 4.69) is 44.3 Å². The number of rotatable bonds is 6. The molecule has 7 nitrogen and oxygen atoms in total. The number of aryl methyl sites for hydroxylation is 1. The standard InChI is InChI=1S/C23H23N5O2S/c29-21(7-6-20-25-26-23(30-20)19-8-14-31-16-19)28-12-10-27(11-13-28)15-18-4-1-3-17-5-2-9-24-22(17)18/h1-5,8-9,14,16H,6-7,10-13,15H2. The average molecular weight is 434 g/mol. The van der Waals surface area contributed by atoms with Gasteiger partial charge in [0.2, 0.25) is 17.7 Å². The van der Waals surface area contributed by atoms with Crippen LogP contribution in [0, 0.1) is 0 Å². The van der Waals surface area contributed by atoms with Crippen molar-refractivity contribution in [2.45, 2.75) is 19.4 Å². The predicted octanol–water partition coefficient (Wildman–Crippen LogP) is 3.62. The second-order valence-electron chi connectivity index (χ2n) is 7.66. The molecule has 3 aromatic heterocycles. The van der Waals surface area contributed by atoms with Crippen LogP contribution in [0.5, 0.6) is 0 Å². The summed E-state index contributed by atoms with van der Waals surface area (Å²) in [6, 6.07) is 12.3. The van der Waals surface area contributed by atoms with Crippen LogP contribution in [0.2, 0.25) is 0 Å². The molecule has 0 spiro atoms. The summed E-state index contributed by atoms with van der Waals surface area (Å²) >= 11 is 1.59. The van der Waals surface area contributed by atoms with E-state index in [1.807, 2.05) is 34.0 Å². The van der Waals surface area contributed by atoms with E-state index in [0.717, 1.165) is 49.2 Å². The molecule has 158 valence electrons.